The van der Waals surface area contributed by atoms with E-state index in [0.717, 1.165) is 38.2 Å². The average Bonchev–Trinajstić information content (AvgIpc) is 2.76. The molecular weight excluding hydrogens is 266 g/mol. The second-order valence-electron chi connectivity index (χ2n) is 6.59. The molecule has 114 valence electrons. The maximum atomic E-state index is 9.97. The van der Waals surface area contributed by atoms with Crippen molar-refractivity contribution in [3.8, 4) is 6.07 Å². The van der Waals surface area contributed by atoms with Crippen molar-refractivity contribution in [2.75, 3.05) is 13.1 Å². The molecule has 0 aromatic carbocycles. The summed E-state index contributed by atoms with van der Waals surface area (Å²) >= 11 is 0. The van der Waals surface area contributed by atoms with Crippen molar-refractivity contribution >= 4 is 0 Å². The molecule has 2 N–H and O–H groups in total. The van der Waals surface area contributed by atoms with Crippen LogP contribution in [0.2, 0.25) is 0 Å². The minimum Gasteiger partial charge on any atom is -0.392 e. The summed E-state index contributed by atoms with van der Waals surface area (Å²) in [5.41, 5.74) is 2.77. The molecule has 1 spiro atoms. The third kappa shape index (κ3) is 2.18. The van der Waals surface area contributed by atoms with Gasteiger partial charge in [-0.15, -0.1) is 0 Å². The van der Waals surface area contributed by atoms with Crippen LogP contribution in [0, 0.1) is 23.7 Å². The van der Waals surface area contributed by atoms with Gasteiger partial charge in [0.05, 0.1) is 12.2 Å². The molecule has 2 heterocycles. The fraction of sp³-hybridized carbons (Fsp3) is 0.688. The molecular formula is C16H23N3O2. The van der Waals surface area contributed by atoms with E-state index >= 15 is 0 Å². The molecule has 1 aromatic rings. The molecule has 3 rings (SSSR count). The highest BCUT2D eigenvalue weighted by atomic mass is 16.3. The van der Waals surface area contributed by atoms with Gasteiger partial charge in [0, 0.05) is 31.1 Å². The molecule has 2 aliphatic rings. The summed E-state index contributed by atoms with van der Waals surface area (Å²) in [6.07, 6.45) is 1.57. The zero-order valence-corrected chi connectivity index (χ0v) is 12.7. The SMILES string of the molecule is Cc1c(CN2CCC3(CC2)[C@H](O)C[C@@H]3O)cc(C#N)n1C. The second-order valence-corrected chi connectivity index (χ2v) is 6.59. The lowest BCUT2D eigenvalue weighted by atomic mass is 9.58. The van der Waals surface area contributed by atoms with Crippen molar-refractivity contribution in [2.45, 2.75) is 44.9 Å². The monoisotopic (exact) mass is 289 g/mol. The first-order valence-electron chi connectivity index (χ1n) is 7.61. The van der Waals surface area contributed by atoms with Crippen LogP contribution in [-0.2, 0) is 13.6 Å². The van der Waals surface area contributed by atoms with Crippen LogP contribution in [0.4, 0.5) is 0 Å². The number of rotatable bonds is 2. The maximum Gasteiger partial charge on any atom is 0.120 e. The first-order valence-corrected chi connectivity index (χ1v) is 7.61. The Bertz CT molecular complexity index is 569. The number of nitrogens with zero attached hydrogens (tertiary/aromatic N) is 3. The number of piperidine rings is 1. The van der Waals surface area contributed by atoms with Gasteiger partial charge in [0.15, 0.2) is 0 Å². The number of aromatic nitrogens is 1. The summed E-state index contributed by atoms with van der Waals surface area (Å²) in [7, 11) is 1.92. The van der Waals surface area contributed by atoms with Gasteiger partial charge in [-0.05, 0) is 44.5 Å². The van der Waals surface area contributed by atoms with Crippen LogP contribution in [-0.4, -0.2) is 45.0 Å². The number of aliphatic hydroxyl groups is 2. The van der Waals surface area contributed by atoms with Gasteiger partial charge >= 0.3 is 0 Å². The van der Waals surface area contributed by atoms with Crippen LogP contribution in [0.1, 0.15) is 36.2 Å². The number of nitriles is 1. The van der Waals surface area contributed by atoms with E-state index in [1.54, 1.807) is 0 Å². The molecule has 1 aliphatic heterocycles. The third-order valence-corrected chi connectivity index (χ3v) is 5.71. The number of aliphatic hydroxyl groups excluding tert-OH is 2. The van der Waals surface area contributed by atoms with Gasteiger partial charge in [0.25, 0.3) is 0 Å². The first kappa shape index (κ1) is 14.6. The Kier molecular flexibility index (Phi) is 3.56. The van der Waals surface area contributed by atoms with Crippen LogP contribution < -0.4 is 0 Å². The van der Waals surface area contributed by atoms with Gasteiger partial charge in [-0.2, -0.15) is 5.26 Å². The van der Waals surface area contributed by atoms with E-state index in [0.29, 0.717) is 12.1 Å². The Hall–Kier alpha value is -1.35. The normalized spacial score (nSPS) is 28.3. The summed E-state index contributed by atoms with van der Waals surface area (Å²) in [6, 6.07) is 4.18. The van der Waals surface area contributed by atoms with Gasteiger partial charge < -0.3 is 14.8 Å². The maximum absolute atomic E-state index is 9.97. The smallest absolute Gasteiger partial charge is 0.120 e. The molecule has 1 aromatic heterocycles. The van der Waals surface area contributed by atoms with Gasteiger partial charge in [-0.25, -0.2) is 0 Å². The van der Waals surface area contributed by atoms with E-state index in [4.69, 9.17) is 5.26 Å². The number of likely N-dealkylation sites (tertiary alicyclic amines) is 1. The molecule has 1 saturated heterocycles. The topological polar surface area (TPSA) is 72.4 Å². The van der Waals surface area contributed by atoms with E-state index < -0.39 is 0 Å². The Morgan fingerprint density at radius 1 is 1.33 bits per heavy atom. The molecule has 21 heavy (non-hydrogen) atoms. The Balaban J connectivity index is 1.65. The fourth-order valence-corrected chi connectivity index (χ4v) is 3.81. The fourth-order valence-electron chi connectivity index (χ4n) is 3.81. The zero-order valence-electron chi connectivity index (χ0n) is 12.7. The molecule has 5 nitrogen and oxygen atoms in total. The first-order chi connectivity index (χ1) is 9.98. The van der Waals surface area contributed by atoms with Gasteiger partial charge in [-0.1, -0.05) is 0 Å². The lowest BCUT2D eigenvalue weighted by Crippen LogP contribution is -2.61. The van der Waals surface area contributed by atoms with Crippen molar-refractivity contribution in [3.63, 3.8) is 0 Å². The zero-order chi connectivity index (χ0) is 15.2. The Labute approximate surface area is 125 Å². The molecule has 5 heteroatoms. The quantitative estimate of drug-likeness (QED) is 0.849. The highest BCUT2D eigenvalue weighted by Gasteiger charge is 2.54. The van der Waals surface area contributed by atoms with E-state index in [1.165, 1.54) is 5.56 Å². The Morgan fingerprint density at radius 2 is 1.95 bits per heavy atom. The summed E-state index contributed by atoms with van der Waals surface area (Å²) in [6.45, 7) is 4.67. The average molecular weight is 289 g/mol. The number of hydrogen-bond acceptors (Lipinski definition) is 4. The molecule has 0 radical (unpaired) electrons. The summed E-state index contributed by atoms with van der Waals surface area (Å²) in [5, 5.41) is 29.0. The Morgan fingerprint density at radius 3 is 2.43 bits per heavy atom. The highest BCUT2D eigenvalue weighted by Crippen LogP contribution is 2.49. The third-order valence-electron chi connectivity index (χ3n) is 5.71. The van der Waals surface area contributed by atoms with Crippen LogP contribution >= 0.6 is 0 Å². The molecule has 0 unspecified atom stereocenters. The van der Waals surface area contributed by atoms with E-state index in [1.807, 2.05) is 24.6 Å². The van der Waals surface area contributed by atoms with E-state index in [2.05, 4.69) is 11.0 Å². The van der Waals surface area contributed by atoms with Crippen LogP contribution in [0.5, 0.6) is 0 Å². The highest BCUT2D eigenvalue weighted by molar-refractivity contribution is 5.34. The van der Waals surface area contributed by atoms with E-state index in [-0.39, 0.29) is 17.6 Å². The predicted octanol–water partition coefficient (Wildman–Crippen LogP) is 0.913. The van der Waals surface area contributed by atoms with Crippen molar-refractivity contribution in [2.24, 2.45) is 12.5 Å². The van der Waals surface area contributed by atoms with Crippen LogP contribution in [0.15, 0.2) is 6.07 Å². The molecule has 0 amide bonds. The van der Waals surface area contributed by atoms with Crippen molar-refractivity contribution < 1.29 is 10.2 Å². The van der Waals surface area contributed by atoms with Gasteiger partial charge in [0.2, 0.25) is 0 Å². The number of hydrogen-bond donors (Lipinski definition) is 2. The molecule has 2 fully saturated rings. The second kappa shape index (κ2) is 5.13. The van der Waals surface area contributed by atoms with E-state index in [9.17, 15) is 10.2 Å². The van der Waals surface area contributed by atoms with Crippen LogP contribution in [0.3, 0.4) is 0 Å². The lowest BCUT2D eigenvalue weighted by Gasteiger charge is -2.55. The minimum absolute atomic E-state index is 0.250. The van der Waals surface area contributed by atoms with Crippen molar-refractivity contribution in [1.82, 2.24) is 9.47 Å². The molecule has 0 bridgehead atoms. The summed E-state index contributed by atoms with van der Waals surface area (Å²) in [5.74, 6) is 0. The van der Waals surface area contributed by atoms with Gasteiger partial charge in [0.1, 0.15) is 11.8 Å². The summed E-state index contributed by atoms with van der Waals surface area (Å²) < 4.78 is 1.93. The van der Waals surface area contributed by atoms with Crippen LogP contribution in [0.25, 0.3) is 0 Å². The lowest BCUT2D eigenvalue weighted by molar-refractivity contribution is -0.190. The van der Waals surface area contributed by atoms with Crippen molar-refractivity contribution in [1.29, 1.82) is 5.26 Å². The largest absolute Gasteiger partial charge is 0.392 e. The molecule has 2 atom stereocenters. The minimum atomic E-state index is -0.335. The molecule has 1 aliphatic carbocycles. The predicted molar refractivity (Wildman–Crippen MR) is 78.4 cm³/mol. The molecule has 1 saturated carbocycles. The standard InChI is InChI=1S/C16H23N3O2/c1-11-12(7-13(9-17)18(11)2)10-19-5-3-16(4-6-19)14(20)8-15(16)21/h7,14-15,20-21H,3-6,8,10H2,1-2H3/t14-,15+. The van der Waals surface area contributed by atoms with Gasteiger partial charge in [-0.3, -0.25) is 4.90 Å². The summed E-state index contributed by atoms with van der Waals surface area (Å²) in [4.78, 5) is 2.35. The van der Waals surface area contributed by atoms with Crippen molar-refractivity contribution in [3.05, 3.63) is 23.0 Å².